The van der Waals surface area contributed by atoms with E-state index < -0.39 is 17.8 Å². The molecule has 1 aliphatic rings. The fraction of sp³-hybridized carbons (Fsp3) is 0.500. The summed E-state index contributed by atoms with van der Waals surface area (Å²) >= 11 is 6.05. The van der Waals surface area contributed by atoms with Crippen LogP contribution in [0.1, 0.15) is 26.2 Å². The summed E-state index contributed by atoms with van der Waals surface area (Å²) < 4.78 is 5.79. The third-order valence-corrected chi connectivity index (χ3v) is 4.33. The molecule has 0 aromatic heterocycles. The highest BCUT2D eigenvalue weighted by Gasteiger charge is 2.41. The lowest BCUT2D eigenvalue weighted by Gasteiger charge is -2.32. The first-order valence-electron chi connectivity index (χ1n) is 7.44. The van der Waals surface area contributed by atoms with E-state index in [1.807, 2.05) is 19.1 Å². The van der Waals surface area contributed by atoms with Crippen molar-refractivity contribution in [3.8, 4) is 5.75 Å². The second-order valence-electron chi connectivity index (χ2n) is 5.45. The Bertz CT molecular complexity index is 549. The number of hydrogen-bond donors (Lipinski definition) is 2. The number of para-hydroxylation sites is 1. The minimum Gasteiger partial charge on any atom is -0.487 e. The Labute approximate surface area is 134 Å². The van der Waals surface area contributed by atoms with Crippen LogP contribution in [0.3, 0.4) is 0 Å². The summed E-state index contributed by atoms with van der Waals surface area (Å²) in [5.41, 5.74) is 0. The third-order valence-electron chi connectivity index (χ3n) is 4.02. The molecule has 1 fully saturated rings. The molecule has 0 saturated heterocycles. The van der Waals surface area contributed by atoms with Crippen LogP contribution >= 0.6 is 11.6 Å². The van der Waals surface area contributed by atoms with Gasteiger partial charge in [-0.25, -0.2) is 0 Å². The van der Waals surface area contributed by atoms with E-state index >= 15 is 0 Å². The molecule has 2 N–H and O–H groups in total. The Morgan fingerprint density at radius 3 is 2.59 bits per heavy atom. The van der Waals surface area contributed by atoms with Crippen LogP contribution in [0.5, 0.6) is 5.75 Å². The standard InChI is InChI=1S/C16H20ClNO4/c1-2-10(22-14-6-4-3-5-13(14)17)9-18-15(19)11-7-8-12(11)16(20)21/h3-6,10-12H,2,7-9H2,1H3,(H,18,19)(H,20,21). The molecule has 0 heterocycles. The average Bonchev–Trinajstić information content (AvgIpc) is 2.43. The van der Waals surface area contributed by atoms with Crippen molar-refractivity contribution in [2.24, 2.45) is 11.8 Å². The Balaban J connectivity index is 1.85. The lowest BCUT2D eigenvalue weighted by Crippen LogP contribution is -2.46. The first-order chi connectivity index (χ1) is 10.5. The van der Waals surface area contributed by atoms with Gasteiger partial charge in [0.15, 0.2) is 0 Å². The van der Waals surface area contributed by atoms with E-state index in [0.717, 1.165) is 0 Å². The number of ether oxygens (including phenoxy) is 1. The average molecular weight is 326 g/mol. The van der Waals surface area contributed by atoms with E-state index in [9.17, 15) is 9.59 Å². The predicted octanol–water partition coefficient (Wildman–Crippen LogP) is 2.72. The summed E-state index contributed by atoms with van der Waals surface area (Å²) in [5.74, 6) is -1.50. The van der Waals surface area contributed by atoms with Gasteiger partial charge in [0.1, 0.15) is 11.9 Å². The van der Waals surface area contributed by atoms with E-state index in [0.29, 0.717) is 36.6 Å². The fourth-order valence-corrected chi connectivity index (χ4v) is 2.62. The molecular formula is C16H20ClNO4. The molecule has 1 aromatic carbocycles. The first kappa shape index (κ1) is 16.6. The summed E-state index contributed by atoms with van der Waals surface area (Å²) in [5, 5.41) is 12.3. The zero-order valence-electron chi connectivity index (χ0n) is 12.4. The lowest BCUT2D eigenvalue weighted by atomic mass is 9.73. The number of hydrogen-bond acceptors (Lipinski definition) is 3. The van der Waals surface area contributed by atoms with Crippen molar-refractivity contribution < 1.29 is 19.4 Å². The largest absolute Gasteiger partial charge is 0.487 e. The second kappa shape index (κ2) is 7.49. The third kappa shape index (κ3) is 3.91. The molecule has 3 atom stereocenters. The van der Waals surface area contributed by atoms with Gasteiger partial charge in [-0.1, -0.05) is 30.7 Å². The molecule has 2 rings (SSSR count). The van der Waals surface area contributed by atoms with Crippen LogP contribution in [-0.2, 0) is 9.59 Å². The summed E-state index contributed by atoms with van der Waals surface area (Å²) in [7, 11) is 0. The van der Waals surface area contributed by atoms with Gasteiger partial charge in [0.25, 0.3) is 0 Å². The summed E-state index contributed by atoms with van der Waals surface area (Å²) in [6.07, 6.45) is 1.71. The van der Waals surface area contributed by atoms with Crippen LogP contribution in [0, 0.1) is 11.8 Å². The van der Waals surface area contributed by atoms with E-state index in [1.165, 1.54) is 0 Å². The van der Waals surface area contributed by atoms with Crippen LogP contribution in [0.2, 0.25) is 5.02 Å². The van der Waals surface area contributed by atoms with Gasteiger partial charge in [-0.15, -0.1) is 0 Å². The lowest BCUT2D eigenvalue weighted by molar-refractivity contribution is -0.152. The van der Waals surface area contributed by atoms with Crippen molar-refractivity contribution in [3.05, 3.63) is 29.3 Å². The van der Waals surface area contributed by atoms with Crippen LogP contribution in [0.25, 0.3) is 0 Å². The predicted molar refractivity (Wildman–Crippen MR) is 83.0 cm³/mol. The molecule has 0 radical (unpaired) electrons. The summed E-state index contributed by atoms with van der Waals surface area (Å²) in [4.78, 5) is 23.0. The van der Waals surface area contributed by atoms with Gasteiger partial charge in [-0.3, -0.25) is 9.59 Å². The molecule has 3 unspecified atom stereocenters. The van der Waals surface area contributed by atoms with E-state index in [4.69, 9.17) is 21.4 Å². The Morgan fingerprint density at radius 1 is 1.36 bits per heavy atom. The number of amides is 1. The van der Waals surface area contributed by atoms with Gasteiger partial charge < -0.3 is 15.2 Å². The molecule has 120 valence electrons. The molecule has 6 heteroatoms. The summed E-state index contributed by atoms with van der Waals surface area (Å²) in [6.45, 7) is 2.29. The van der Waals surface area contributed by atoms with Gasteiger partial charge >= 0.3 is 5.97 Å². The number of carbonyl (C=O) groups excluding carboxylic acids is 1. The van der Waals surface area contributed by atoms with Gasteiger partial charge in [-0.2, -0.15) is 0 Å². The Kier molecular flexibility index (Phi) is 5.66. The number of nitrogens with one attached hydrogen (secondary N) is 1. The maximum absolute atomic E-state index is 12.0. The highest BCUT2D eigenvalue weighted by atomic mass is 35.5. The maximum Gasteiger partial charge on any atom is 0.307 e. The van der Waals surface area contributed by atoms with Crippen molar-refractivity contribution in [1.29, 1.82) is 0 Å². The van der Waals surface area contributed by atoms with Crippen molar-refractivity contribution in [2.45, 2.75) is 32.3 Å². The number of aliphatic carboxylic acids is 1. The first-order valence-corrected chi connectivity index (χ1v) is 7.82. The van der Waals surface area contributed by atoms with Gasteiger partial charge in [0.2, 0.25) is 5.91 Å². The van der Waals surface area contributed by atoms with Crippen LogP contribution in [-0.4, -0.2) is 29.6 Å². The molecule has 0 spiro atoms. The number of carboxylic acids is 1. The zero-order valence-corrected chi connectivity index (χ0v) is 13.2. The Hall–Kier alpha value is -1.75. The van der Waals surface area contributed by atoms with Crippen LogP contribution in [0.15, 0.2) is 24.3 Å². The topological polar surface area (TPSA) is 75.6 Å². The van der Waals surface area contributed by atoms with E-state index in [1.54, 1.807) is 12.1 Å². The van der Waals surface area contributed by atoms with Crippen molar-refractivity contribution >= 4 is 23.5 Å². The number of benzene rings is 1. The van der Waals surface area contributed by atoms with Crippen LogP contribution in [0.4, 0.5) is 0 Å². The van der Waals surface area contributed by atoms with Crippen molar-refractivity contribution in [1.82, 2.24) is 5.32 Å². The number of carboxylic acid groups (broad SMARTS) is 1. The van der Waals surface area contributed by atoms with E-state index in [-0.39, 0.29) is 12.0 Å². The molecule has 1 amide bonds. The van der Waals surface area contributed by atoms with E-state index in [2.05, 4.69) is 5.32 Å². The Morgan fingerprint density at radius 2 is 2.05 bits per heavy atom. The van der Waals surface area contributed by atoms with Crippen molar-refractivity contribution in [3.63, 3.8) is 0 Å². The molecule has 0 aliphatic heterocycles. The minimum absolute atomic E-state index is 0.202. The SMILES string of the molecule is CCC(CNC(=O)C1CCC1C(=O)O)Oc1ccccc1Cl. The molecule has 5 nitrogen and oxygen atoms in total. The molecule has 1 aromatic rings. The number of carbonyl (C=O) groups is 2. The monoisotopic (exact) mass is 325 g/mol. The highest BCUT2D eigenvalue weighted by Crippen LogP contribution is 2.34. The van der Waals surface area contributed by atoms with Gasteiger partial charge in [0.05, 0.1) is 23.4 Å². The highest BCUT2D eigenvalue weighted by molar-refractivity contribution is 6.32. The van der Waals surface area contributed by atoms with Crippen molar-refractivity contribution in [2.75, 3.05) is 6.54 Å². The molecule has 0 bridgehead atoms. The quantitative estimate of drug-likeness (QED) is 0.808. The molecule has 22 heavy (non-hydrogen) atoms. The smallest absolute Gasteiger partial charge is 0.307 e. The second-order valence-corrected chi connectivity index (χ2v) is 5.86. The maximum atomic E-state index is 12.0. The zero-order chi connectivity index (χ0) is 16.1. The number of rotatable bonds is 7. The van der Waals surface area contributed by atoms with Gasteiger partial charge in [0, 0.05) is 0 Å². The normalized spacial score (nSPS) is 21.5. The van der Waals surface area contributed by atoms with Crippen LogP contribution < -0.4 is 10.1 Å². The summed E-state index contributed by atoms with van der Waals surface area (Å²) in [6, 6.07) is 7.17. The fourth-order valence-electron chi connectivity index (χ4n) is 2.44. The minimum atomic E-state index is -0.897. The molecule has 1 saturated carbocycles. The van der Waals surface area contributed by atoms with Gasteiger partial charge in [-0.05, 0) is 31.4 Å². The molecular weight excluding hydrogens is 306 g/mol. The molecule has 1 aliphatic carbocycles. The number of halogens is 1.